The Hall–Kier alpha value is -2.83. The van der Waals surface area contributed by atoms with Crippen LogP contribution in [0.3, 0.4) is 0 Å². The van der Waals surface area contributed by atoms with Crippen molar-refractivity contribution >= 4 is 0 Å². The molecule has 94 valence electrons. The number of H-pyrrole nitrogens is 1. The van der Waals surface area contributed by atoms with Crippen molar-refractivity contribution in [3.05, 3.63) is 46.5 Å². The van der Waals surface area contributed by atoms with Gasteiger partial charge in [-0.2, -0.15) is 10.1 Å². The Bertz CT molecular complexity index is 763. The Morgan fingerprint density at radius 1 is 1.37 bits per heavy atom. The van der Waals surface area contributed by atoms with Gasteiger partial charge in [0.2, 0.25) is 5.82 Å². The Kier molecular flexibility index (Phi) is 2.64. The normalized spacial score (nSPS) is 10.6. The molecule has 0 spiro atoms. The number of rotatable bonds is 2. The molecular formula is C12H9N5O2. The van der Waals surface area contributed by atoms with Crippen LogP contribution in [0, 0.1) is 6.92 Å². The van der Waals surface area contributed by atoms with E-state index in [0.717, 1.165) is 5.69 Å². The maximum atomic E-state index is 11.8. The Morgan fingerprint density at radius 2 is 2.26 bits per heavy atom. The number of pyridine rings is 1. The highest BCUT2D eigenvalue weighted by atomic mass is 16.5. The van der Waals surface area contributed by atoms with Gasteiger partial charge in [-0.15, -0.1) is 5.10 Å². The summed E-state index contributed by atoms with van der Waals surface area (Å²) in [6, 6.07) is 4.90. The highest BCUT2D eigenvalue weighted by Gasteiger charge is 2.14. The summed E-state index contributed by atoms with van der Waals surface area (Å²) in [4.78, 5) is 18.9. The minimum absolute atomic E-state index is 0.155. The summed E-state index contributed by atoms with van der Waals surface area (Å²) in [6.45, 7) is 1.80. The summed E-state index contributed by atoms with van der Waals surface area (Å²) in [5.74, 6) is 0.449. The molecule has 0 aliphatic carbocycles. The van der Waals surface area contributed by atoms with E-state index in [4.69, 9.17) is 4.52 Å². The zero-order valence-corrected chi connectivity index (χ0v) is 9.99. The number of nitrogens with one attached hydrogen (secondary N) is 1. The first kappa shape index (κ1) is 11.3. The molecule has 0 bridgehead atoms. The number of aryl methyl sites for hydroxylation is 1. The van der Waals surface area contributed by atoms with Crippen molar-refractivity contribution in [1.29, 1.82) is 0 Å². The quantitative estimate of drug-likeness (QED) is 0.738. The molecule has 19 heavy (non-hydrogen) atoms. The van der Waals surface area contributed by atoms with Crippen LogP contribution in [0.15, 0.2) is 39.9 Å². The summed E-state index contributed by atoms with van der Waals surface area (Å²) >= 11 is 0. The summed E-state index contributed by atoms with van der Waals surface area (Å²) in [5, 5.41) is 11.4. The Balaban J connectivity index is 2.04. The molecular weight excluding hydrogens is 246 g/mol. The average Bonchev–Trinajstić information content (AvgIpc) is 2.89. The fourth-order valence-electron chi connectivity index (χ4n) is 1.60. The van der Waals surface area contributed by atoms with Gasteiger partial charge in [-0.3, -0.25) is 4.79 Å². The van der Waals surface area contributed by atoms with Crippen LogP contribution < -0.4 is 5.43 Å². The predicted octanol–water partition coefficient (Wildman–Crippen LogP) is 1.19. The minimum atomic E-state index is -0.175. The van der Waals surface area contributed by atoms with E-state index in [9.17, 15) is 4.79 Å². The van der Waals surface area contributed by atoms with Crippen LogP contribution >= 0.6 is 0 Å². The lowest BCUT2D eigenvalue weighted by Gasteiger charge is -1.94. The van der Waals surface area contributed by atoms with E-state index in [1.165, 1.54) is 6.07 Å². The Labute approximate surface area is 107 Å². The first-order valence-electron chi connectivity index (χ1n) is 5.55. The molecule has 1 N–H and O–H groups in total. The fourth-order valence-corrected chi connectivity index (χ4v) is 1.60. The van der Waals surface area contributed by atoms with Gasteiger partial charge >= 0.3 is 0 Å². The first-order valence-corrected chi connectivity index (χ1v) is 5.55. The average molecular weight is 255 g/mol. The molecule has 0 amide bonds. The van der Waals surface area contributed by atoms with Gasteiger partial charge in [-0.05, 0) is 19.1 Å². The van der Waals surface area contributed by atoms with Crippen LogP contribution in [0.2, 0.25) is 0 Å². The standard InChI is InChI=1S/C12H9N5O2/c1-7-5-10(18)8(6-13-7)12-15-11(17-19-12)9-3-2-4-14-16-9/h2-6H,1H3,(H,13,18). The van der Waals surface area contributed by atoms with Crippen molar-refractivity contribution in [2.45, 2.75) is 6.92 Å². The second-order valence-electron chi connectivity index (χ2n) is 3.93. The van der Waals surface area contributed by atoms with Gasteiger partial charge in [0, 0.05) is 24.2 Å². The van der Waals surface area contributed by atoms with E-state index in [1.54, 1.807) is 31.5 Å². The van der Waals surface area contributed by atoms with Crippen LogP contribution in [0.25, 0.3) is 23.0 Å². The first-order chi connectivity index (χ1) is 9.24. The molecule has 3 aromatic rings. The lowest BCUT2D eigenvalue weighted by molar-refractivity contribution is 0.431. The van der Waals surface area contributed by atoms with Crippen LogP contribution in [-0.4, -0.2) is 25.3 Å². The van der Waals surface area contributed by atoms with Gasteiger partial charge in [0.05, 0.1) is 0 Å². The van der Waals surface area contributed by atoms with E-state index >= 15 is 0 Å². The summed E-state index contributed by atoms with van der Waals surface area (Å²) in [7, 11) is 0. The molecule has 0 aromatic carbocycles. The monoisotopic (exact) mass is 255 g/mol. The Morgan fingerprint density at radius 3 is 3.00 bits per heavy atom. The molecule has 0 radical (unpaired) electrons. The van der Waals surface area contributed by atoms with E-state index in [1.807, 2.05) is 0 Å². The zero-order valence-electron chi connectivity index (χ0n) is 9.99. The second kappa shape index (κ2) is 4.45. The summed E-state index contributed by atoms with van der Waals surface area (Å²) in [6.07, 6.45) is 3.10. The zero-order chi connectivity index (χ0) is 13.2. The highest BCUT2D eigenvalue weighted by molar-refractivity contribution is 5.55. The molecule has 0 saturated heterocycles. The number of hydrogen-bond acceptors (Lipinski definition) is 6. The number of hydrogen-bond donors (Lipinski definition) is 1. The fraction of sp³-hybridized carbons (Fsp3) is 0.0833. The largest absolute Gasteiger partial charge is 0.364 e. The molecule has 0 atom stereocenters. The lowest BCUT2D eigenvalue weighted by Crippen LogP contribution is -2.05. The smallest absolute Gasteiger partial charge is 0.263 e. The van der Waals surface area contributed by atoms with Gasteiger partial charge in [0.25, 0.3) is 5.89 Å². The van der Waals surface area contributed by atoms with E-state index < -0.39 is 0 Å². The van der Waals surface area contributed by atoms with Crippen LogP contribution in [0.4, 0.5) is 0 Å². The summed E-state index contributed by atoms with van der Waals surface area (Å²) < 4.78 is 5.08. The molecule has 7 heteroatoms. The number of aromatic nitrogens is 5. The second-order valence-corrected chi connectivity index (χ2v) is 3.93. The molecule has 7 nitrogen and oxygen atoms in total. The predicted molar refractivity (Wildman–Crippen MR) is 66.1 cm³/mol. The van der Waals surface area contributed by atoms with Crippen LogP contribution in [0.1, 0.15) is 5.69 Å². The van der Waals surface area contributed by atoms with Gasteiger partial charge in [0.1, 0.15) is 11.3 Å². The van der Waals surface area contributed by atoms with Gasteiger partial charge < -0.3 is 9.51 Å². The topological polar surface area (TPSA) is 97.6 Å². The molecule has 3 aromatic heterocycles. The van der Waals surface area contributed by atoms with Gasteiger partial charge in [-0.1, -0.05) is 5.16 Å². The van der Waals surface area contributed by atoms with Crippen LogP contribution in [-0.2, 0) is 0 Å². The van der Waals surface area contributed by atoms with Gasteiger partial charge in [0.15, 0.2) is 5.43 Å². The lowest BCUT2D eigenvalue weighted by atomic mass is 10.2. The van der Waals surface area contributed by atoms with Crippen molar-refractivity contribution < 1.29 is 4.52 Å². The maximum Gasteiger partial charge on any atom is 0.263 e. The van der Waals surface area contributed by atoms with E-state index in [0.29, 0.717) is 17.1 Å². The number of aromatic amines is 1. The molecule has 0 aliphatic rings. The van der Waals surface area contributed by atoms with Crippen molar-refractivity contribution in [2.24, 2.45) is 0 Å². The summed E-state index contributed by atoms with van der Waals surface area (Å²) in [5.41, 5.74) is 1.40. The molecule has 0 aliphatic heterocycles. The minimum Gasteiger partial charge on any atom is -0.364 e. The van der Waals surface area contributed by atoms with Gasteiger partial charge in [-0.25, -0.2) is 0 Å². The van der Waals surface area contributed by atoms with Crippen LogP contribution in [0.5, 0.6) is 0 Å². The molecule has 0 saturated carbocycles. The molecule has 0 fully saturated rings. The third kappa shape index (κ3) is 2.13. The van der Waals surface area contributed by atoms with Crippen molar-refractivity contribution in [3.63, 3.8) is 0 Å². The van der Waals surface area contributed by atoms with Crippen molar-refractivity contribution in [1.82, 2.24) is 25.3 Å². The van der Waals surface area contributed by atoms with E-state index in [2.05, 4.69) is 25.3 Å². The molecule has 0 unspecified atom stereocenters. The third-order valence-electron chi connectivity index (χ3n) is 2.52. The van der Waals surface area contributed by atoms with Crippen molar-refractivity contribution in [2.75, 3.05) is 0 Å². The SMILES string of the molecule is Cc1cc(=O)c(-c2nc(-c3cccnn3)no2)c[nH]1. The molecule has 3 rings (SSSR count). The number of nitrogens with zero attached hydrogens (tertiary/aromatic N) is 4. The maximum absolute atomic E-state index is 11.8. The van der Waals surface area contributed by atoms with E-state index in [-0.39, 0.29) is 11.3 Å². The van der Waals surface area contributed by atoms with Crippen molar-refractivity contribution in [3.8, 4) is 23.0 Å². The highest BCUT2D eigenvalue weighted by Crippen LogP contribution is 2.17. The third-order valence-corrected chi connectivity index (χ3v) is 2.52. The molecule has 3 heterocycles.